The number of aliphatic carboxylic acids is 1. The lowest BCUT2D eigenvalue weighted by molar-refractivity contribution is -0.141. The van der Waals surface area contributed by atoms with Gasteiger partial charge in [0.2, 0.25) is 0 Å². The fraction of sp³-hybridized carbons (Fsp3) is 0.250. The number of carboxylic acids is 1. The molecule has 0 amide bonds. The fourth-order valence-corrected chi connectivity index (χ4v) is 2.97. The molecule has 3 rings (SSSR count). The van der Waals surface area contributed by atoms with Crippen molar-refractivity contribution in [1.82, 2.24) is 4.57 Å². The predicted molar refractivity (Wildman–Crippen MR) is 75.7 cm³/mol. The number of hydrogen-bond donors (Lipinski definition) is 1. The van der Waals surface area contributed by atoms with E-state index in [0.717, 1.165) is 0 Å². The van der Waals surface area contributed by atoms with Crippen LogP contribution in [0.2, 0.25) is 0 Å². The summed E-state index contributed by atoms with van der Waals surface area (Å²) in [5, 5.41) is 9.72. The third-order valence-electron chi connectivity index (χ3n) is 4.08. The highest BCUT2D eigenvalue weighted by atomic mass is 16.5. The van der Waals surface area contributed by atoms with E-state index in [4.69, 9.17) is 4.74 Å². The molecule has 1 aliphatic heterocycles. The van der Waals surface area contributed by atoms with E-state index in [1.807, 2.05) is 4.57 Å². The van der Waals surface area contributed by atoms with Crippen molar-refractivity contribution in [3.63, 3.8) is 0 Å². The average Bonchev–Trinajstić information content (AvgIpc) is 3.08. The minimum Gasteiger partial charge on any atom is -0.497 e. The van der Waals surface area contributed by atoms with Crippen molar-refractivity contribution in [3.8, 4) is 5.75 Å². The molecule has 1 aromatic carbocycles. The number of carbonyl (C=O) groups excluding carboxylic acids is 1. The molecule has 1 atom stereocenters. The highest BCUT2D eigenvalue weighted by molar-refractivity contribution is 6.17. The molecule has 0 spiro atoms. The Balaban J connectivity index is 2.11. The van der Waals surface area contributed by atoms with Gasteiger partial charge in [0.05, 0.1) is 7.11 Å². The average molecular weight is 285 g/mol. The number of Topliss-reactive ketones (excluding diaryl/α,β-unsaturated/α-hetero) is 1. The van der Waals surface area contributed by atoms with Gasteiger partial charge in [0.1, 0.15) is 5.75 Å². The van der Waals surface area contributed by atoms with Crippen LogP contribution in [0.25, 0.3) is 0 Å². The molecule has 0 radical (unpaired) electrons. The van der Waals surface area contributed by atoms with Crippen LogP contribution >= 0.6 is 0 Å². The van der Waals surface area contributed by atoms with Crippen LogP contribution in [0.4, 0.5) is 0 Å². The molecular weight excluding hydrogens is 270 g/mol. The van der Waals surface area contributed by atoms with E-state index < -0.39 is 17.2 Å². The summed E-state index contributed by atoms with van der Waals surface area (Å²) in [5.74, 6) is -0.964. The van der Waals surface area contributed by atoms with Crippen molar-refractivity contribution in [2.75, 3.05) is 7.11 Å². The number of fused-ring (bicyclic) bond motifs is 1. The second-order valence-electron chi connectivity index (χ2n) is 5.11. The highest BCUT2D eigenvalue weighted by Gasteiger charge is 2.52. The zero-order chi connectivity index (χ0) is 15.0. The van der Waals surface area contributed by atoms with Gasteiger partial charge in [-0.2, -0.15) is 0 Å². The van der Waals surface area contributed by atoms with Gasteiger partial charge < -0.3 is 14.4 Å². The number of ketones is 1. The van der Waals surface area contributed by atoms with Crippen LogP contribution < -0.4 is 4.74 Å². The molecule has 0 bridgehead atoms. The first-order valence-corrected chi connectivity index (χ1v) is 6.67. The molecule has 0 aliphatic carbocycles. The van der Waals surface area contributed by atoms with Crippen molar-refractivity contribution < 1.29 is 19.4 Å². The second kappa shape index (κ2) is 4.77. The summed E-state index contributed by atoms with van der Waals surface area (Å²) in [4.78, 5) is 24.8. The Morgan fingerprint density at radius 2 is 2.10 bits per heavy atom. The number of aryl methyl sites for hydroxylation is 1. The maximum atomic E-state index is 12.9. The van der Waals surface area contributed by atoms with Crippen molar-refractivity contribution in [2.45, 2.75) is 18.4 Å². The van der Waals surface area contributed by atoms with Gasteiger partial charge in [0.15, 0.2) is 11.2 Å². The molecule has 1 aliphatic rings. The van der Waals surface area contributed by atoms with Crippen molar-refractivity contribution >= 4 is 11.8 Å². The first-order chi connectivity index (χ1) is 10.1. The summed E-state index contributed by atoms with van der Waals surface area (Å²) in [5.41, 5.74) is -0.607. The molecular formula is C16H15NO4. The van der Waals surface area contributed by atoms with E-state index in [1.165, 1.54) is 7.11 Å². The summed E-state index contributed by atoms with van der Waals surface area (Å²) in [7, 11) is 1.51. The molecule has 1 N–H and O–H groups in total. The quantitative estimate of drug-likeness (QED) is 0.690. The van der Waals surface area contributed by atoms with Gasteiger partial charge in [0, 0.05) is 24.0 Å². The number of carboxylic acid groups (broad SMARTS) is 1. The molecule has 2 aromatic rings. The number of benzene rings is 1. The van der Waals surface area contributed by atoms with E-state index in [0.29, 0.717) is 23.6 Å². The Morgan fingerprint density at radius 1 is 1.29 bits per heavy atom. The van der Waals surface area contributed by atoms with E-state index in [-0.39, 0.29) is 6.42 Å². The van der Waals surface area contributed by atoms with Gasteiger partial charge in [-0.1, -0.05) is 12.1 Å². The van der Waals surface area contributed by atoms with Gasteiger partial charge in [-0.15, -0.1) is 0 Å². The van der Waals surface area contributed by atoms with Crippen molar-refractivity contribution in [2.24, 2.45) is 0 Å². The SMILES string of the molecule is COc1cccc(C(=O)C2(C(=O)O)CCn3cccc32)c1. The number of aromatic nitrogens is 1. The predicted octanol–water partition coefficient (Wildman–Crippen LogP) is 2.11. The zero-order valence-electron chi connectivity index (χ0n) is 11.6. The second-order valence-corrected chi connectivity index (χ2v) is 5.11. The van der Waals surface area contributed by atoms with Crippen LogP contribution in [-0.4, -0.2) is 28.5 Å². The van der Waals surface area contributed by atoms with Crippen molar-refractivity contribution in [3.05, 3.63) is 53.9 Å². The van der Waals surface area contributed by atoms with E-state index >= 15 is 0 Å². The molecule has 5 nitrogen and oxygen atoms in total. The first-order valence-electron chi connectivity index (χ1n) is 6.67. The maximum absolute atomic E-state index is 12.9. The number of nitrogens with zero attached hydrogens (tertiary/aromatic N) is 1. The van der Waals surface area contributed by atoms with E-state index in [1.54, 1.807) is 42.6 Å². The summed E-state index contributed by atoms with van der Waals surface area (Å²) in [6, 6.07) is 10.1. The number of ether oxygens (including phenoxy) is 1. The van der Waals surface area contributed by atoms with Gasteiger partial charge in [-0.25, -0.2) is 0 Å². The highest BCUT2D eigenvalue weighted by Crippen LogP contribution is 2.39. The summed E-state index contributed by atoms with van der Waals surface area (Å²) < 4.78 is 6.94. The molecule has 21 heavy (non-hydrogen) atoms. The Bertz CT molecular complexity index is 719. The molecule has 0 fully saturated rings. The molecule has 108 valence electrons. The lowest BCUT2D eigenvalue weighted by atomic mass is 9.76. The maximum Gasteiger partial charge on any atom is 0.323 e. The summed E-state index contributed by atoms with van der Waals surface area (Å²) >= 11 is 0. The van der Waals surface area contributed by atoms with Crippen LogP contribution in [0.5, 0.6) is 5.75 Å². The largest absolute Gasteiger partial charge is 0.497 e. The van der Waals surface area contributed by atoms with E-state index in [9.17, 15) is 14.7 Å². The van der Waals surface area contributed by atoms with Gasteiger partial charge in [-0.3, -0.25) is 9.59 Å². The topological polar surface area (TPSA) is 68.5 Å². The molecule has 5 heteroatoms. The van der Waals surface area contributed by atoms with E-state index in [2.05, 4.69) is 0 Å². The Labute approximate surface area is 121 Å². The Morgan fingerprint density at radius 3 is 2.81 bits per heavy atom. The van der Waals surface area contributed by atoms with Crippen LogP contribution in [0, 0.1) is 0 Å². The van der Waals surface area contributed by atoms with Gasteiger partial charge in [-0.05, 0) is 30.7 Å². The lowest BCUT2D eigenvalue weighted by Crippen LogP contribution is -2.42. The monoisotopic (exact) mass is 285 g/mol. The Kier molecular flexibility index (Phi) is 3.05. The molecule has 2 heterocycles. The fourth-order valence-electron chi connectivity index (χ4n) is 2.97. The van der Waals surface area contributed by atoms with Crippen LogP contribution in [-0.2, 0) is 16.8 Å². The lowest BCUT2D eigenvalue weighted by Gasteiger charge is -2.22. The smallest absolute Gasteiger partial charge is 0.323 e. The number of rotatable bonds is 4. The molecule has 0 saturated heterocycles. The number of carbonyl (C=O) groups is 2. The molecule has 1 aromatic heterocycles. The van der Waals surface area contributed by atoms with Crippen LogP contribution in [0.3, 0.4) is 0 Å². The summed E-state index contributed by atoms with van der Waals surface area (Å²) in [6.07, 6.45) is 2.08. The van der Waals surface area contributed by atoms with Gasteiger partial charge in [0.25, 0.3) is 0 Å². The van der Waals surface area contributed by atoms with Crippen LogP contribution in [0.1, 0.15) is 22.5 Å². The Hall–Kier alpha value is -2.56. The van der Waals surface area contributed by atoms with Gasteiger partial charge >= 0.3 is 5.97 Å². The third-order valence-corrected chi connectivity index (χ3v) is 4.08. The normalized spacial score (nSPS) is 20.0. The van der Waals surface area contributed by atoms with Crippen LogP contribution in [0.15, 0.2) is 42.6 Å². The standard InChI is InChI=1S/C16H15NO4/c1-21-12-5-2-4-11(10-12)14(18)16(15(19)20)7-9-17-8-3-6-13(16)17/h2-6,8,10H,7,9H2,1H3,(H,19,20). The minimum atomic E-state index is -1.50. The summed E-state index contributed by atoms with van der Waals surface area (Å²) in [6.45, 7) is 0.532. The molecule has 0 saturated carbocycles. The molecule has 1 unspecified atom stereocenters. The third kappa shape index (κ3) is 1.85. The zero-order valence-corrected chi connectivity index (χ0v) is 11.6. The number of methoxy groups -OCH3 is 1. The first kappa shape index (κ1) is 13.4. The van der Waals surface area contributed by atoms with Crippen molar-refractivity contribution in [1.29, 1.82) is 0 Å². The minimum absolute atomic E-state index is 0.272. The number of hydrogen-bond acceptors (Lipinski definition) is 3.